The summed E-state index contributed by atoms with van der Waals surface area (Å²) >= 11 is 0. The lowest BCUT2D eigenvalue weighted by atomic mass is 10.1. The minimum absolute atomic E-state index is 0.745. The van der Waals surface area contributed by atoms with E-state index < -0.39 is 0 Å². The number of hydrogen-bond acceptors (Lipinski definition) is 7. The zero-order chi connectivity index (χ0) is 47.8. The molecule has 0 unspecified atom stereocenters. The third-order valence-electron chi connectivity index (χ3n) is 10.9. The van der Waals surface area contributed by atoms with E-state index in [0.29, 0.717) is 0 Å². The molecule has 10 heteroatoms. The molecule has 0 spiro atoms. The lowest BCUT2D eigenvalue weighted by Crippen LogP contribution is -2.36. The van der Waals surface area contributed by atoms with Gasteiger partial charge in [0.05, 0.1) is 29.2 Å². The van der Waals surface area contributed by atoms with E-state index >= 15 is 0 Å². The molecule has 0 heterocycles. The molecular weight excluding hydrogens is 801 g/mol. The molecule has 65 heavy (non-hydrogen) atoms. The molecule has 0 aliphatic heterocycles. The van der Waals surface area contributed by atoms with Crippen LogP contribution in [0.4, 0.5) is 22.7 Å². The highest BCUT2D eigenvalue weighted by molar-refractivity contribution is 5.95. The second kappa shape index (κ2) is 32.9. The van der Waals surface area contributed by atoms with Gasteiger partial charge in [0.2, 0.25) is 0 Å². The molecule has 4 aromatic rings. The van der Waals surface area contributed by atoms with E-state index in [2.05, 4.69) is 197 Å². The normalized spacial score (nSPS) is 10.9. The summed E-state index contributed by atoms with van der Waals surface area (Å²) in [6, 6.07) is 30.7. The molecule has 0 aliphatic rings. The van der Waals surface area contributed by atoms with Crippen molar-refractivity contribution in [2.45, 2.75) is 129 Å². The number of aliphatic imine (C=N–C) groups is 6. The minimum Gasteiger partial charge on any atom is -0.344 e. The summed E-state index contributed by atoms with van der Waals surface area (Å²) in [4.78, 5) is 29.2. The number of nitrogens with zero attached hydrogens (tertiary/aromatic N) is 7. The Morgan fingerprint density at radius 2 is 0.815 bits per heavy atom. The summed E-state index contributed by atoms with van der Waals surface area (Å²) in [5.41, 5.74) is 13.9. The average molecular weight is 883 g/mol. The molecule has 0 atom stereocenters. The van der Waals surface area contributed by atoms with Crippen molar-refractivity contribution in [2.75, 3.05) is 63.0 Å². The van der Waals surface area contributed by atoms with E-state index in [4.69, 9.17) is 9.98 Å². The maximum absolute atomic E-state index is 4.93. The van der Waals surface area contributed by atoms with E-state index in [1.807, 2.05) is 19.1 Å². The van der Waals surface area contributed by atoms with Crippen LogP contribution in [0.3, 0.4) is 0 Å². The number of para-hydroxylation sites is 4. The number of hydrogen-bond donors (Lipinski definition) is 3. The van der Waals surface area contributed by atoms with Crippen molar-refractivity contribution in [1.29, 1.82) is 0 Å². The summed E-state index contributed by atoms with van der Waals surface area (Å²) in [5.74, 6) is 1.95. The number of aryl methyl sites for hydroxylation is 8. The second-order valence-electron chi connectivity index (χ2n) is 16.4. The van der Waals surface area contributed by atoms with Gasteiger partial charge in [0.25, 0.3) is 0 Å². The third-order valence-corrected chi connectivity index (χ3v) is 10.9. The monoisotopic (exact) mass is 883 g/mol. The second-order valence-corrected chi connectivity index (χ2v) is 16.4. The lowest BCUT2D eigenvalue weighted by molar-refractivity contribution is 0.461. The number of guanidine groups is 1. The Morgan fingerprint density at radius 3 is 1.18 bits per heavy atom. The molecule has 3 N–H and O–H groups in total. The molecule has 0 radical (unpaired) electrons. The number of unbranched alkanes of at least 4 members (excludes halogenated alkanes) is 4. The van der Waals surface area contributed by atoms with Gasteiger partial charge in [0.1, 0.15) is 0 Å². The van der Waals surface area contributed by atoms with Crippen molar-refractivity contribution in [1.82, 2.24) is 10.2 Å². The molecule has 0 saturated heterocycles. The molecule has 4 rings (SSSR count). The zero-order valence-electron chi connectivity index (χ0n) is 42.5. The summed E-state index contributed by atoms with van der Waals surface area (Å²) in [7, 11) is 0. The van der Waals surface area contributed by atoms with Crippen molar-refractivity contribution >= 4 is 46.6 Å². The van der Waals surface area contributed by atoms with Gasteiger partial charge in [0, 0.05) is 50.6 Å². The Kier molecular flexibility index (Phi) is 28.1. The fourth-order valence-electron chi connectivity index (χ4n) is 6.97. The van der Waals surface area contributed by atoms with Gasteiger partial charge in [-0.25, -0.2) is 9.98 Å². The van der Waals surface area contributed by atoms with E-state index in [9.17, 15) is 0 Å². The summed E-state index contributed by atoms with van der Waals surface area (Å²) in [5, 5.41) is 10.2. The van der Waals surface area contributed by atoms with E-state index in [1.54, 1.807) is 0 Å². The van der Waals surface area contributed by atoms with Crippen molar-refractivity contribution in [3.63, 3.8) is 0 Å². The zero-order valence-corrected chi connectivity index (χ0v) is 42.5. The summed E-state index contributed by atoms with van der Waals surface area (Å²) in [6.45, 7) is 34.6. The highest BCUT2D eigenvalue weighted by atomic mass is 15.3. The number of nitrogens with one attached hydrogen (secondary N) is 3. The van der Waals surface area contributed by atoms with Crippen LogP contribution in [0.15, 0.2) is 103 Å². The summed E-state index contributed by atoms with van der Waals surface area (Å²) < 4.78 is 0. The number of anilines is 2. The van der Waals surface area contributed by atoms with Gasteiger partial charge < -0.3 is 20.9 Å². The Labute approximate surface area is 394 Å². The quantitative estimate of drug-likeness (QED) is 0.0466. The smallest absolute Gasteiger partial charge is 0.198 e. The number of rotatable bonds is 20. The standard InChI is InChI=1S/C28H43N5.C23H28N4.C4H11N/c1-8-33(9-2)28(32-27-23(5)17-14-18-24(27)6)30-20-12-10-11-19-29-25(7)31-26-21(3)15-13-16-22(26)4;1-18-10-8-11-19(2)22(18)26-16-24-14-6-5-7-15-25-17-27-23-20(3)12-9-13-21(23)4;1-3-5-4-2/h13-18H,8-12,19-20H2,1-7H3,(H,29,31)(H,30,32);8-13H,5-7,14-15H2,1-4H3;5H,3-4H2,1-2H3. The highest BCUT2D eigenvalue weighted by Gasteiger charge is 2.11. The Hall–Kier alpha value is -5.66. The first kappa shape index (κ1) is 55.5. The topological polar surface area (TPSA) is 113 Å². The van der Waals surface area contributed by atoms with Crippen LogP contribution in [0.25, 0.3) is 0 Å². The van der Waals surface area contributed by atoms with Crippen molar-refractivity contribution in [3.8, 4) is 0 Å². The van der Waals surface area contributed by atoms with Gasteiger partial charge in [0.15, 0.2) is 5.96 Å². The number of benzene rings is 4. The maximum Gasteiger partial charge on any atom is 0.198 e. The molecule has 0 saturated carbocycles. The molecule has 4 aromatic carbocycles. The SMILES string of the molecule is CCN(CC)C(=NCCCCCN=C(C)Nc1c(C)cccc1C)Nc1c(C)cccc1C.CCNCC.Cc1cccc(C)c1N=C=NCCCCCN=C=Nc1c(C)cccc1C. The van der Waals surface area contributed by atoms with Crippen LogP contribution in [0, 0.1) is 55.4 Å². The predicted molar refractivity (Wildman–Crippen MR) is 285 cm³/mol. The van der Waals surface area contributed by atoms with E-state index in [-0.39, 0.29) is 0 Å². The van der Waals surface area contributed by atoms with Crippen LogP contribution in [-0.4, -0.2) is 81.1 Å². The van der Waals surface area contributed by atoms with Crippen LogP contribution >= 0.6 is 0 Å². The molecule has 0 amide bonds. The van der Waals surface area contributed by atoms with Crippen molar-refractivity contribution < 1.29 is 0 Å². The molecule has 0 aliphatic carbocycles. The van der Waals surface area contributed by atoms with Crippen molar-refractivity contribution in [2.24, 2.45) is 30.0 Å². The van der Waals surface area contributed by atoms with Crippen LogP contribution in [0.2, 0.25) is 0 Å². The number of amidine groups is 1. The van der Waals surface area contributed by atoms with Crippen LogP contribution < -0.4 is 16.0 Å². The van der Waals surface area contributed by atoms with Crippen LogP contribution in [0.1, 0.15) is 118 Å². The molecular formula is C55H82N10. The molecule has 0 fully saturated rings. The van der Waals surface area contributed by atoms with Crippen LogP contribution in [-0.2, 0) is 0 Å². The lowest BCUT2D eigenvalue weighted by Gasteiger charge is -2.25. The minimum atomic E-state index is 0.745. The van der Waals surface area contributed by atoms with Gasteiger partial charge in [-0.05, 0) is 172 Å². The van der Waals surface area contributed by atoms with Crippen LogP contribution in [0.5, 0.6) is 0 Å². The van der Waals surface area contributed by atoms with Gasteiger partial charge >= 0.3 is 0 Å². The Morgan fingerprint density at radius 1 is 0.462 bits per heavy atom. The maximum atomic E-state index is 4.93. The Balaban J connectivity index is 0.000000411. The Bertz CT molecular complexity index is 2030. The first-order chi connectivity index (χ1) is 31.4. The first-order valence-corrected chi connectivity index (χ1v) is 23.9. The molecule has 10 nitrogen and oxygen atoms in total. The molecule has 0 aromatic heterocycles. The molecule has 352 valence electrons. The van der Waals surface area contributed by atoms with E-state index in [1.165, 1.54) is 33.6 Å². The first-order valence-electron chi connectivity index (χ1n) is 23.9. The van der Waals surface area contributed by atoms with E-state index in [0.717, 1.165) is 136 Å². The van der Waals surface area contributed by atoms with Gasteiger partial charge in [-0.2, -0.15) is 9.98 Å². The summed E-state index contributed by atoms with van der Waals surface area (Å²) in [6.07, 6.45) is 6.36. The largest absolute Gasteiger partial charge is 0.344 e. The van der Waals surface area contributed by atoms with Gasteiger partial charge in [-0.1, -0.05) is 86.6 Å². The average Bonchev–Trinajstić information content (AvgIpc) is 3.27. The van der Waals surface area contributed by atoms with Gasteiger partial charge in [-0.3, -0.25) is 9.98 Å². The van der Waals surface area contributed by atoms with Gasteiger partial charge in [-0.15, -0.1) is 0 Å². The fourth-order valence-corrected chi connectivity index (χ4v) is 6.97. The third kappa shape index (κ3) is 21.7. The van der Waals surface area contributed by atoms with Crippen molar-refractivity contribution in [3.05, 3.63) is 117 Å². The fraction of sp³-hybridized carbons (Fsp3) is 0.491. The molecule has 0 bridgehead atoms. The predicted octanol–water partition coefficient (Wildman–Crippen LogP) is 13.7. The highest BCUT2D eigenvalue weighted by Crippen LogP contribution is 2.24.